The van der Waals surface area contributed by atoms with E-state index in [-0.39, 0.29) is 29.4 Å². The summed E-state index contributed by atoms with van der Waals surface area (Å²) in [7, 11) is 0. The fourth-order valence-corrected chi connectivity index (χ4v) is 2.64. The molecule has 0 radical (unpaired) electrons. The van der Waals surface area contributed by atoms with E-state index in [9.17, 15) is 9.59 Å². The quantitative estimate of drug-likeness (QED) is 0.574. The average molecular weight is 368 g/mol. The number of nitrogens with two attached hydrogens (primary N) is 1. The second kappa shape index (κ2) is 7.20. The third-order valence-electron chi connectivity index (χ3n) is 4.39. The lowest BCUT2D eigenvalue weighted by molar-refractivity contribution is -0.117. The van der Waals surface area contributed by atoms with Gasteiger partial charge in [-0.15, -0.1) is 10.2 Å². The van der Waals surface area contributed by atoms with Crippen LogP contribution in [0.4, 0.5) is 17.2 Å². The Morgan fingerprint density at radius 1 is 1.19 bits per heavy atom. The zero-order valence-electron chi connectivity index (χ0n) is 14.6. The molecule has 27 heavy (non-hydrogen) atoms. The van der Waals surface area contributed by atoms with E-state index in [2.05, 4.69) is 26.1 Å². The van der Waals surface area contributed by atoms with Crippen molar-refractivity contribution in [3.05, 3.63) is 36.0 Å². The molecule has 1 aliphatic carbocycles. The Kier molecular flexibility index (Phi) is 4.59. The van der Waals surface area contributed by atoms with Gasteiger partial charge in [0.15, 0.2) is 11.5 Å². The fraction of sp³-hybridized carbons (Fsp3) is 0.333. The number of anilines is 3. The molecule has 4 rings (SSSR count). The number of carbonyl (C=O) groups is 2. The zero-order valence-corrected chi connectivity index (χ0v) is 14.6. The van der Waals surface area contributed by atoms with Crippen LogP contribution in [0.2, 0.25) is 0 Å². The van der Waals surface area contributed by atoms with Crippen LogP contribution in [0.25, 0.3) is 0 Å². The number of ether oxygens (including phenoxy) is 1. The highest BCUT2D eigenvalue weighted by molar-refractivity contribution is 5.98. The number of nitrogens with zero attached hydrogens (tertiary/aromatic N) is 2. The van der Waals surface area contributed by atoms with Crippen molar-refractivity contribution in [2.45, 2.75) is 18.9 Å². The summed E-state index contributed by atoms with van der Waals surface area (Å²) in [6, 6.07) is 8.92. The minimum absolute atomic E-state index is 0.00562. The van der Waals surface area contributed by atoms with Gasteiger partial charge in [-0.3, -0.25) is 9.59 Å². The lowest BCUT2D eigenvalue weighted by atomic mass is 10.2. The molecule has 9 heteroatoms. The molecular formula is C18H20N6O3. The van der Waals surface area contributed by atoms with Crippen LogP contribution >= 0.6 is 0 Å². The van der Waals surface area contributed by atoms with E-state index in [0.717, 1.165) is 31.7 Å². The second-order valence-corrected chi connectivity index (χ2v) is 6.67. The van der Waals surface area contributed by atoms with Gasteiger partial charge < -0.3 is 26.4 Å². The van der Waals surface area contributed by atoms with Gasteiger partial charge in [-0.2, -0.15) is 0 Å². The normalized spacial score (nSPS) is 16.3. The summed E-state index contributed by atoms with van der Waals surface area (Å²) in [4.78, 5) is 23.6. The molecule has 2 amide bonds. The van der Waals surface area contributed by atoms with Gasteiger partial charge in [0.05, 0.1) is 5.69 Å². The van der Waals surface area contributed by atoms with E-state index in [1.807, 2.05) is 24.3 Å². The number of amides is 2. The summed E-state index contributed by atoms with van der Waals surface area (Å²) in [6.07, 6.45) is 1.92. The van der Waals surface area contributed by atoms with Gasteiger partial charge >= 0.3 is 0 Å². The van der Waals surface area contributed by atoms with Gasteiger partial charge in [0.25, 0.3) is 5.91 Å². The number of nitrogens with one attached hydrogen (secondary N) is 3. The van der Waals surface area contributed by atoms with E-state index >= 15 is 0 Å². The Bertz CT molecular complexity index is 879. The number of primary amides is 1. The van der Waals surface area contributed by atoms with Crippen molar-refractivity contribution in [1.29, 1.82) is 0 Å². The zero-order chi connectivity index (χ0) is 18.8. The smallest absolute Gasteiger partial charge is 0.271 e. The Morgan fingerprint density at radius 3 is 2.67 bits per heavy atom. The lowest BCUT2D eigenvalue weighted by Crippen LogP contribution is -2.50. The van der Waals surface area contributed by atoms with E-state index < -0.39 is 5.91 Å². The third-order valence-corrected chi connectivity index (χ3v) is 4.39. The van der Waals surface area contributed by atoms with Crippen LogP contribution in [-0.2, 0) is 4.79 Å². The maximum Gasteiger partial charge on any atom is 0.271 e. The van der Waals surface area contributed by atoms with Crippen LogP contribution in [0.15, 0.2) is 30.3 Å². The monoisotopic (exact) mass is 368 g/mol. The van der Waals surface area contributed by atoms with Crippen LogP contribution < -0.4 is 26.4 Å². The van der Waals surface area contributed by atoms with Crippen LogP contribution in [-0.4, -0.2) is 41.2 Å². The summed E-state index contributed by atoms with van der Waals surface area (Å²) >= 11 is 0. The molecule has 5 N–H and O–H groups in total. The van der Waals surface area contributed by atoms with Crippen molar-refractivity contribution < 1.29 is 14.3 Å². The maximum absolute atomic E-state index is 11.9. The van der Waals surface area contributed by atoms with Crippen LogP contribution in [0.5, 0.6) is 5.75 Å². The van der Waals surface area contributed by atoms with Crippen molar-refractivity contribution in [2.24, 2.45) is 11.7 Å². The molecule has 0 atom stereocenters. The fourth-order valence-electron chi connectivity index (χ4n) is 2.64. The molecular weight excluding hydrogens is 348 g/mol. The number of hydrogen-bond acceptors (Lipinski definition) is 7. The molecule has 1 aromatic carbocycles. The molecule has 0 unspecified atom stereocenters. The molecule has 2 aromatic rings. The largest absolute Gasteiger partial charge is 0.488 e. The number of rotatable bonds is 7. The topological polar surface area (TPSA) is 131 Å². The van der Waals surface area contributed by atoms with Crippen molar-refractivity contribution in [3.63, 3.8) is 0 Å². The first-order valence-electron chi connectivity index (χ1n) is 8.81. The molecule has 1 aromatic heterocycles. The Balaban J connectivity index is 1.54. The number of benzene rings is 1. The molecule has 140 valence electrons. The first-order chi connectivity index (χ1) is 13.1. The van der Waals surface area contributed by atoms with Crippen molar-refractivity contribution in [3.8, 4) is 5.75 Å². The average Bonchev–Trinajstić information content (AvgIpc) is 3.44. The number of hydrogen-bond donors (Lipinski definition) is 4. The SMILES string of the molecule is NC(=O)c1nnc(NC(=O)C2CC2)cc1Nc1cccc(OC2CNC2)c1. The molecule has 1 aliphatic heterocycles. The van der Waals surface area contributed by atoms with Crippen molar-refractivity contribution >= 4 is 29.0 Å². The number of aromatic nitrogens is 2. The van der Waals surface area contributed by atoms with E-state index in [4.69, 9.17) is 10.5 Å². The molecule has 9 nitrogen and oxygen atoms in total. The summed E-state index contributed by atoms with van der Waals surface area (Å²) in [5.74, 6) is 0.224. The Labute approximate surface area is 155 Å². The first-order valence-corrected chi connectivity index (χ1v) is 8.81. The summed E-state index contributed by atoms with van der Waals surface area (Å²) in [5, 5.41) is 16.7. The summed E-state index contributed by atoms with van der Waals surface area (Å²) < 4.78 is 5.84. The van der Waals surface area contributed by atoms with Crippen molar-refractivity contribution in [1.82, 2.24) is 15.5 Å². The molecule has 2 fully saturated rings. The molecule has 1 saturated carbocycles. The lowest BCUT2D eigenvalue weighted by Gasteiger charge is -2.28. The van der Waals surface area contributed by atoms with E-state index in [0.29, 0.717) is 11.4 Å². The highest BCUT2D eigenvalue weighted by Gasteiger charge is 2.30. The molecule has 2 aliphatic rings. The minimum atomic E-state index is -0.710. The van der Waals surface area contributed by atoms with Crippen LogP contribution in [0.1, 0.15) is 23.3 Å². The Morgan fingerprint density at radius 2 is 2.00 bits per heavy atom. The first kappa shape index (κ1) is 17.2. The van der Waals surface area contributed by atoms with Crippen LogP contribution in [0, 0.1) is 5.92 Å². The summed E-state index contributed by atoms with van der Waals surface area (Å²) in [6.45, 7) is 1.64. The van der Waals surface area contributed by atoms with Gasteiger partial charge in [0.2, 0.25) is 5.91 Å². The standard InChI is InChI=1S/C18H20N6O3/c19-17(25)16-14(7-15(23-24-16)22-18(26)10-4-5-10)21-11-2-1-3-12(6-11)27-13-8-20-9-13/h1-3,6-7,10,13,20H,4-5,8-9H2,(H2,19,25)(H2,21,22,23,26). The molecule has 0 spiro atoms. The van der Waals surface area contributed by atoms with Gasteiger partial charge in [0.1, 0.15) is 11.9 Å². The third kappa shape index (κ3) is 4.14. The van der Waals surface area contributed by atoms with E-state index in [1.165, 1.54) is 0 Å². The molecule has 0 bridgehead atoms. The second-order valence-electron chi connectivity index (χ2n) is 6.67. The van der Waals surface area contributed by atoms with Crippen LogP contribution in [0.3, 0.4) is 0 Å². The maximum atomic E-state index is 11.9. The van der Waals surface area contributed by atoms with Crippen molar-refractivity contribution in [2.75, 3.05) is 23.7 Å². The molecule has 1 saturated heterocycles. The van der Waals surface area contributed by atoms with Gasteiger partial charge in [0, 0.05) is 36.8 Å². The predicted octanol–water partition coefficient (Wildman–Crippen LogP) is 1.02. The minimum Gasteiger partial charge on any atom is -0.488 e. The summed E-state index contributed by atoms with van der Waals surface area (Å²) in [5.41, 5.74) is 6.46. The Hall–Kier alpha value is -3.20. The van der Waals surface area contributed by atoms with Gasteiger partial charge in [-0.25, -0.2) is 0 Å². The number of carbonyl (C=O) groups excluding carboxylic acids is 2. The van der Waals surface area contributed by atoms with Gasteiger partial charge in [-0.1, -0.05) is 6.07 Å². The highest BCUT2D eigenvalue weighted by atomic mass is 16.5. The highest BCUT2D eigenvalue weighted by Crippen LogP contribution is 2.30. The predicted molar refractivity (Wildman–Crippen MR) is 98.9 cm³/mol. The van der Waals surface area contributed by atoms with E-state index in [1.54, 1.807) is 6.07 Å². The van der Waals surface area contributed by atoms with Gasteiger partial charge in [-0.05, 0) is 25.0 Å². The molecule has 2 heterocycles.